The number of hydrogen-bond donors (Lipinski definition) is 2. The van der Waals surface area contributed by atoms with Crippen LogP contribution in [0.1, 0.15) is 10.4 Å². The van der Waals surface area contributed by atoms with Crippen molar-refractivity contribution in [2.45, 2.75) is 0 Å². The van der Waals surface area contributed by atoms with E-state index >= 15 is 0 Å². The summed E-state index contributed by atoms with van der Waals surface area (Å²) in [4.78, 5) is 41.2. The van der Waals surface area contributed by atoms with Gasteiger partial charge in [0.05, 0.1) is 29.6 Å². The summed E-state index contributed by atoms with van der Waals surface area (Å²) in [6.07, 6.45) is 1.43. The maximum atomic E-state index is 13.2. The highest BCUT2D eigenvalue weighted by molar-refractivity contribution is 6.31. The molecule has 2 heterocycles. The number of benzene rings is 2. The Morgan fingerprint density at radius 3 is 2.55 bits per heavy atom. The monoisotopic (exact) mass is 442 g/mol. The van der Waals surface area contributed by atoms with E-state index in [4.69, 9.17) is 16.3 Å². The summed E-state index contributed by atoms with van der Waals surface area (Å²) in [5.74, 6) is -0.672. The highest BCUT2D eigenvalue weighted by Crippen LogP contribution is 2.28. The molecule has 8 nitrogen and oxygen atoms in total. The first kappa shape index (κ1) is 20.4. The molecule has 0 saturated heterocycles. The van der Waals surface area contributed by atoms with Crippen LogP contribution in [0.2, 0.25) is 5.02 Å². The standard InChI is InChI=1S/C21H16ClFN4O4/c1-26-10-14(19(28)24-15-9-11(22)3-8-16(15)31-2)17-18(26)20(29)27(21(30)25-17)13-6-4-12(23)5-7-13/h3-10H,1-2H3,(H,24,28)(H,25,30). The van der Waals surface area contributed by atoms with Crippen molar-refractivity contribution in [3.63, 3.8) is 0 Å². The summed E-state index contributed by atoms with van der Waals surface area (Å²) in [5.41, 5.74) is -0.608. The lowest BCUT2D eigenvalue weighted by Gasteiger charge is -2.10. The van der Waals surface area contributed by atoms with Crippen molar-refractivity contribution in [2.24, 2.45) is 7.05 Å². The lowest BCUT2D eigenvalue weighted by molar-refractivity contribution is 0.102. The molecule has 0 bridgehead atoms. The lowest BCUT2D eigenvalue weighted by Crippen LogP contribution is -2.34. The Hall–Kier alpha value is -3.85. The fraction of sp³-hybridized carbons (Fsp3) is 0.0952. The first-order chi connectivity index (χ1) is 14.8. The van der Waals surface area contributed by atoms with Gasteiger partial charge < -0.3 is 19.6 Å². The predicted octanol–water partition coefficient (Wildman–Crippen LogP) is 3.07. The molecule has 31 heavy (non-hydrogen) atoms. The van der Waals surface area contributed by atoms with E-state index in [0.29, 0.717) is 16.5 Å². The molecule has 1 amide bonds. The van der Waals surface area contributed by atoms with E-state index < -0.39 is 23.0 Å². The van der Waals surface area contributed by atoms with Crippen molar-refractivity contribution < 1.29 is 13.9 Å². The minimum Gasteiger partial charge on any atom is -0.495 e. The van der Waals surface area contributed by atoms with Crippen LogP contribution in [0.25, 0.3) is 16.7 Å². The summed E-state index contributed by atoms with van der Waals surface area (Å²) in [6, 6.07) is 9.67. The van der Waals surface area contributed by atoms with Gasteiger partial charge in [0.25, 0.3) is 11.5 Å². The topological polar surface area (TPSA) is 98.1 Å². The van der Waals surface area contributed by atoms with Crippen LogP contribution >= 0.6 is 11.6 Å². The molecule has 4 rings (SSSR count). The van der Waals surface area contributed by atoms with E-state index in [1.807, 2.05) is 0 Å². The summed E-state index contributed by atoms with van der Waals surface area (Å²) in [5, 5.41) is 3.07. The van der Waals surface area contributed by atoms with Crippen molar-refractivity contribution in [1.82, 2.24) is 14.1 Å². The largest absolute Gasteiger partial charge is 0.495 e. The van der Waals surface area contributed by atoms with Gasteiger partial charge in [-0.1, -0.05) is 11.6 Å². The Morgan fingerprint density at radius 2 is 1.87 bits per heavy atom. The van der Waals surface area contributed by atoms with Crippen molar-refractivity contribution in [1.29, 1.82) is 0 Å². The Kier molecular flexibility index (Phi) is 5.12. The average Bonchev–Trinajstić information content (AvgIpc) is 3.06. The van der Waals surface area contributed by atoms with Crippen LogP contribution in [0.4, 0.5) is 10.1 Å². The molecule has 0 atom stereocenters. The van der Waals surface area contributed by atoms with Gasteiger partial charge in [0.15, 0.2) is 0 Å². The Labute approximate surface area is 179 Å². The number of aromatic nitrogens is 3. The zero-order chi connectivity index (χ0) is 22.3. The third-order valence-corrected chi connectivity index (χ3v) is 5.00. The van der Waals surface area contributed by atoms with Gasteiger partial charge in [-0.2, -0.15) is 0 Å². The van der Waals surface area contributed by atoms with Gasteiger partial charge in [-0.3, -0.25) is 9.59 Å². The summed E-state index contributed by atoms with van der Waals surface area (Å²) in [6.45, 7) is 0. The number of anilines is 1. The van der Waals surface area contributed by atoms with Gasteiger partial charge in [-0.15, -0.1) is 0 Å². The van der Waals surface area contributed by atoms with Crippen molar-refractivity contribution >= 4 is 34.2 Å². The number of aryl methyl sites for hydroxylation is 1. The van der Waals surface area contributed by atoms with Gasteiger partial charge in [0, 0.05) is 18.3 Å². The molecule has 2 aromatic carbocycles. The molecule has 158 valence electrons. The van der Waals surface area contributed by atoms with E-state index in [-0.39, 0.29) is 22.3 Å². The number of halogens is 2. The van der Waals surface area contributed by atoms with E-state index in [9.17, 15) is 18.8 Å². The normalized spacial score (nSPS) is 11.0. The number of carbonyl (C=O) groups excluding carboxylic acids is 1. The quantitative estimate of drug-likeness (QED) is 0.507. The molecule has 0 aliphatic carbocycles. The molecule has 4 aromatic rings. The van der Waals surface area contributed by atoms with Gasteiger partial charge in [0.2, 0.25) is 0 Å². The van der Waals surface area contributed by atoms with E-state index in [1.54, 1.807) is 19.2 Å². The second-order valence-electron chi connectivity index (χ2n) is 6.72. The van der Waals surface area contributed by atoms with E-state index in [0.717, 1.165) is 16.7 Å². The van der Waals surface area contributed by atoms with Crippen molar-refractivity contribution in [3.05, 3.63) is 85.9 Å². The molecule has 10 heteroatoms. The van der Waals surface area contributed by atoms with E-state index in [1.165, 1.54) is 36.1 Å². The minimum absolute atomic E-state index is 0.0781. The smallest absolute Gasteiger partial charge is 0.333 e. The molecule has 0 aliphatic rings. The number of carbonyl (C=O) groups is 1. The number of nitrogens with one attached hydrogen (secondary N) is 2. The number of ether oxygens (including phenoxy) is 1. The molecule has 0 unspecified atom stereocenters. The maximum Gasteiger partial charge on any atom is 0.333 e. The minimum atomic E-state index is -0.760. The number of amides is 1. The molecular formula is C21H16ClFN4O4. The van der Waals surface area contributed by atoms with Crippen molar-refractivity contribution in [2.75, 3.05) is 12.4 Å². The highest BCUT2D eigenvalue weighted by atomic mass is 35.5. The van der Waals surface area contributed by atoms with Gasteiger partial charge >= 0.3 is 5.69 Å². The fourth-order valence-electron chi connectivity index (χ4n) is 3.34. The van der Waals surface area contributed by atoms with Gasteiger partial charge in [0.1, 0.15) is 17.1 Å². The second kappa shape index (κ2) is 7.77. The number of nitrogens with zero attached hydrogens (tertiary/aromatic N) is 2. The van der Waals surface area contributed by atoms with Crippen LogP contribution in [-0.2, 0) is 7.05 Å². The molecule has 0 aliphatic heterocycles. The average molecular weight is 443 g/mol. The molecule has 0 fully saturated rings. The maximum absolute atomic E-state index is 13.2. The van der Waals surface area contributed by atoms with Crippen molar-refractivity contribution in [3.8, 4) is 11.4 Å². The zero-order valence-corrected chi connectivity index (χ0v) is 17.2. The molecule has 2 N–H and O–H groups in total. The number of aromatic amines is 1. The van der Waals surface area contributed by atoms with E-state index in [2.05, 4.69) is 10.3 Å². The molecule has 0 radical (unpaired) electrons. The summed E-state index contributed by atoms with van der Waals surface area (Å²) in [7, 11) is 3.03. The van der Waals surface area contributed by atoms with Crippen LogP contribution in [0.3, 0.4) is 0 Å². The lowest BCUT2D eigenvalue weighted by atomic mass is 10.2. The summed E-state index contributed by atoms with van der Waals surface area (Å²) < 4.78 is 20.8. The number of rotatable bonds is 4. The Balaban J connectivity index is 1.83. The number of methoxy groups -OCH3 is 1. The number of H-pyrrole nitrogens is 1. The number of hydrogen-bond acceptors (Lipinski definition) is 4. The van der Waals surface area contributed by atoms with Crippen LogP contribution in [-0.4, -0.2) is 27.1 Å². The first-order valence-corrected chi connectivity index (χ1v) is 9.43. The third-order valence-electron chi connectivity index (χ3n) is 4.76. The molecule has 0 saturated carbocycles. The summed E-state index contributed by atoms with van der Waals surface area (Å²) >= 11 is 6.00. The van der Waals surface area contributed by atoms with Crippen LogP contribution < -0.4 is 21.3 Å². The highest BCUT2D eigenvalue weighted by Gasteiger charge is 2.21. The molecule has 0 spiro atoms. The van der Waals surface area contributed by atoms with Crippen LogP contribution in [0.15, 0.2) is 58.3 Å². The zero-order valence-electron chi connectivity index (χ0n) is 16.4. The van der Waals surface area contributed by atoms with Gasteiger partial charge in [-0.05, 0) is 42.5 Å². The molecular weight excluding hydrogens is 427 g/mol. The third kappa shape index (κ3) is 3.59. The molecule has 2 aromatic heterocycles. The number of fused-ring (bicyclic) bond motifs is 1. The first-order valence-electron chi connectivity index (χ1n) is 9.05. The predicted molar refractivity (Wildman–Crippen MR) is 115 cm³/mol. The van der Waals surface area contributed by atoms with Gasteiger partial charge in [-0.25, -0.2) is 13.8 Å². The van der Waals surface area contributed by atoms with Crippen LogP contribution in [0.5, 0.6) is 5.75 Å². The van der Waals surface area contributed by atoms with Crippen LogP contribution in [0, 0.1) is 5.82 Å². The Bertz CT molecular complexity index is 1440. The SMILES string of the molecule is COc1ccc(Cl)cc1NC(=O)c1cn(C)c2c(=O)n(-c3ccc(F)cc3)c(=O)[nH]c12. The fourth-order valence-corrected chi connectivity index (χ4v) is 3.51. The second-order valence-corrected chi connectivity index (χ2v) is 7.16. The Morgan fingerprint density at radius 1 is 1.16 bits per heavy atom.